The van der Waals surface area contributed by atoms with Gasteiger partial charge in [-0.3, -0.25) is 9.59 Å². The Hall–Kier alpha value is -2.89. The quantitative estimate of drug-likeness (QED) is 0.758. The van der Waals surface area contributed by atoms with E-state index in [1.165, 1.54) is 6.07 Å². The van der Waals surface area contributed by atoms with Gasteiger partial charge in [0.1, 0.15) is 12.2 Å². The number of nitrogens with zero attached hydrogens (tertiary/aromatic N) is 2. The van der Waals surface area contributed by atoms with Crippen molar-refractivity contribution >= 4 is 23.2 Å². The van der Waals surface area contributed by atoms with Crippen LogP contribution in [0.15, 0.2) is 42.5 Å². The molecule has 2 amide bonds. The van der Waals surface area contributed by atoms with Gasteiger partial charge in [0.15, 0.2) is 0 Å². The molecule has 2 aromatic rings. The molecule has 1 aliphatic heterocycles. The number of aryl methyl sites for hydroxylation is 2. The van der Waals surface area contributed by atoms with Crippen molar-refractivity contribution in [1.82, 2.24) is 4.90 Å². The topological polar surface area (TPSA) is 52.7 Å². The summed E-state index contributed by atoms with van der Waals surface area (Å²) < 4.78 is 14.0. The molecule has 1 fully saturated rings. The number of rotatable bonds is 6. The lowest BCUT2D eigenvalue weighted by Gasteiger charge is -2.36. The Bertz CT molecular complexity index is 854. The van der Waals surface area contributed by atoms with E-state index in [-0.39, 0.29) is 24.1 Å². The first-order valence-electron chi connectivity index (χ1n) is 10.2. The normalized spacial score (nSPS) is 14.0. The van der Waals surface area contributed by atoms with Gasteiger partial charge in [0, 0.05) is 31.9 Å². The third kappa shape index (κ3) is 4.94. The fourth-order valence-electron chi connectivity index (χ4n) is 3.74. The number of anilines is 2. The lowest BCUT2D eigenvalue weighted by atomic mass is 10.0. The summed E-state index contributed by atoms with van der Waals surface area (Å²) in [6.07, 6.45) is 1.45. The maximum atomic E-state index is 14.0. The number of hydrogen-bond donors (Lipinski definition) is 1. The zero-order valence-electron chi connectivity index (χ0n) is 17.1. The summed E-state index contributed by atoms with van der Waals surface area (Å²) in [5.41, 5.74) is 3.53. The molecule has 1 saturated heterocycles. The van der Waals surface area contributed by atoms with Gasteiger partial charge in [-0.2, -0.15) is 0 Å². The summed E-state index contributed by atoms with van der Waals surface area (Å²) in [4.78, 5) is 28.7. The minimum atomic E-state index is -0.290. The summed E-state index contributed by atoms with van der Waals surface area (Å²) in [5, 5.41) is 2.95. The molecule has 5 nitrogen and oxygen atoms in total. The zero-order valence-corrected chi connectivity index (χ0v) is 17.1. The third-order valence-electron chi connectivity index (χ3n) is 5.40. The summed E-state index contributed by atoms with van der Waals surface area (Å²) in [6.45, 7) is 6.15. The molecule has 0 atom stereocenters. The van der Waals surface area contributed by atoms with Crippen molar-refractivity contribution in [1.29, 1.82) is 0 Å². The van der Waals surface area contributed by atoms with Crippen LogP contribution in [0.1, 0.15) is 31.4 Å². The molecule has 0 saturated carbocycles. The Morgan fingerprint density at radius 2 is 1.55 bits per heavy atom. The lowest BCUT2D eigenvalue weighted by Crippen LogP contribution is -2.49. The van der Waals surface area contributed by atoms with Crippen LogP contribution in [-0.4, -0.2) is 42.9 Å². The highest BCUT2D eigenvalue weighted by molar-refractivity contribution is 6.04. The standard InChI is InChI=1S/C23H28FN3O2/c1-3-17-8-7-9-18(4-2)23(17)25-21(28)16-22(29)27-14-12-26(13-15-27)20-11-6-5-10-19(20)24/h5-11H,3-4,12-16H2,1-2H3,(H,25,28). The van der Waals surface area contributed by atoms with Crippen LogP contribution in [0.25, 0.3) is 0 Å². The highest BCUT2D eigenvalue weighted by Gasteiger charge is 2.24. The molecular weight excluding hydrogens is 369 g/mol. The maximum Gasteiger partial charge on any atom is 0.233 e. The van der Waals surface area contributed by atoms with Crippen LogP contribution in [0.4, 0.5) is 15.8 Å². The molecule has 1 N–H and O–H groups in total. The van der Waals surface area contributed by atoms with Gasteiger partial charge >= 0.3 is 0 Å². The number of para-hydroxylation sites is 2. The number of hydrogen-bond acceptors (Lipinski definition) is 3. The fraction of sp³-hybridized carbons (Fsp3) is 0.391. The summed E-state index contributed by atoms with van der Waals surface area (Å²) >= 11 is 0. The highest BCUT2D eigenvalue weighted by Crippen LogP contribution is 2.23. The fourth-order valence-corrected chi connectivity index (χ4v) is 3.74. The van der Waals surface area contributed by atoms with Crippen LogP contribution in [0.2, 0.25) is 0 Å². The van der Waals surface area contributed by atoms with Gasteiger partial charge in [0.05, 0.1) is 5.69 Å². The molecule has 2 aromatic carbocycles. The number of carbonyl (C=O) groups excluding carboxylic acids is 2. The van der Waals surface area contributed by atoms with Crippen molar-refractivity contribution < 1.29 is 14.0 Å². The van der Waals surface area contributed by atoms with Crippen molar-refractivity contribution in [2.75, 3.05) is 36.4 Å². The van der Waals surface area contributed by atoms with E-state index in [9.17, 15) is 14.0 Å². The SMILES string of the molecule is CCc1cccc(CC)c1NC(=O)CC(=O)N1CCN(c2ccccc2F)CC1. The van der Waals surface area contributed by atoms with Crippen molar-refractivity contribution in [3.05, 3.63) is 59.4 Å². The molecule has 1 aliphatic rings. The molecule has 0 spiro atoms. The minimum Gasteiger partial charge on any atom is -0.366 e. The summed E-state index contributed by atoms with van der Waals surface area (Å²) in [5.74, 6) is -0.738. The highest BCUT2D eigenvalue weighted by atomic mass is 19.1. The molecule has 1 heterocycles. The van der Waals surface area contributed by atoms with Gasteiger partial charge in [-0.05, 0) is 36.1 Å². The number of benzene rings is 2. The van der Waals surface area contributed by atoms with Crippen molar-refractivity contribution in [3.63, 3.8) is 0 Å². The second kappa shape index (κ2) is 9.54. The predicted octanol–water partition coefficient (Wildman–Crippen LogP) is 3.63. The second-order valence-corrected chi connectivity index (χ2v) is 7.20. The van der Waals surface area contributed by atoms with E-state index >= 15 is 0 Å². The average molecular weight is 397 g/mol. The van der Waals surface area contributed by atoms with E-state index < -0.39 is 0 Å². The van der Waals surface area contributed by atoms with Crippen LogP contribution in [-0.2, 0) is 22.4 Å². The molecule has 0 bridgehead atoms. The molecule has 0 aromatic heterocycles. The van der Waals surface area contributed by atoms with E-state index in [4.69, 9.17) is 0 Å². The molecule has 3 rings (SSSR count). The van der Waals surface area contributed by atoms with Gasteiger partial charge in [-0.15, -0.1) is 0 Å². The Morgan fingerprint density at radius 1 is 0.931 bits per heavy atom. The maximum absolute atomic E-state index is 14.0. The Labute approximate surface area is 171 Å². The zero-order chi connectivity index (χ0) is 20.8. The van der Waals surface area contributed by atoms with Crippen molar-refractivity contribution in [2.45, 2.75) is 33.1 Å². The van der Waals surface area contributed by atoms with Gasteiger partial charge in [-0.1, -0.05) is 44.2 Å². The minimum absolute atomic E-state index is 0.180. The largest absolute Gasteiger partial charge is 0.366 e. The molecule has 154 valence electrons. The monoisotopic (exact) mass is 397 g/mol. The second-order valence-electron chi connectivity index (χ2n) is 7.20. The Morgan fingerprint density at radius 3 is 2.14 bits per heavy atom. The molecule has 0 aliphatic carbocycles. The first-order valence-corrected chi connectivity index (χ1v) is 10.2. The van der Waals surface area contributed by atoms with Crippen molar-refractivity contribution in [3.8, 4) is 0 Å². The smallest absolute Gasteiger partial charge is 0.233 e. The third-order valence-corrected chi connectivity index (χ3v) is 5.40. The molecule has 29 heavy (non-hydrogen) atoms. The van der Waals surface area contributed by atoms with E-state index in [0.29, 0.717) is 31.9 Å². The number of piperazine rings is 1. The van der Waals surface area contributed by atoms with E-state index in [1.807, 2.05) is 36.9 Å². The van der Waals surface area contributed by atoms with E-state index in [2.05, 4.69) is 5.32 Å². The van der Waals surface area contributed by atoms with Gasteiger partial charge in [-0.25, -0.2) is 4.39 Å². The molecule has 0 unspecified atom stereocenters. The lowest BCUT2D eigenvalue weighted by molar-refractivity contribution is -0.134. The first-order chi connectivity index (χ1) is 14.0. The summed E-state index contributed by atoms with van der Waals surface area (Å²) in [6, 6.07) is 12.6. The number of nitrogens with one attached hydrogen (secondary N) is 1. The Kier molecular flexibility index (Phi) is 6.86. The first kappa shape index (κ1) is 20.8. The van der Waals surface area contributed by atoms with Gasteiger partial charge < -0.3 is 15.1 Å². The van der Waals surface area contributed by atoms with E-state index in [0.717, 1.165) is 29.7 Å². The molecule has 6 heteroatoms. The predicted molar refractivity (Wildman–Crippen MR) is 114 cm³/mol. The summed E-state index contributed by atoms with van der Waals surface area (Å²) in [7, 11) is 0. The van der Waals surface area contributed by atoms with Crippen LogP contribution in [0.3, 0.4) is 0 Å². The van der Waals surface area contributed by atoms with Crippen LogP contribution < -0.4 is 10.2 Å². The van der Waals surface area contributed by atoms with Crippen LogP contribution in [0, 0.1) is 5.82 Å². The van der Waals surface area contributed by atoms with Gasteiger partial charge in [0.2, 0.25) is 11.8 Å². The van der Waals surface area contributed by atoms with E-state index in [1.54, 1.807) is 23.1 Å². The average Bonchev–Trinajstić information content (AvgIpc) is 2.74. The van der Waals surface area contributed by atoms with Crippen LogP contribution >= 0.6 is 0 Å². The number of amides is 2. The Balaban J connectivity index is 1.56. The van der Waals surface area contributed by atoms with Crippen LogP contribution in [0.5, 0.6) is 0 Å². The number of carbonyl (C=O) groups is 2. The number of halogens is 1. The molecule has 0 radical (unpaired) electrons. The van der Waals surface area contributed by atoms with Crippen molar-refractivity contribution in [2.24, 2.45) is 0 Å². The van der Waals surface area contributed by atoms with Gasteiger partial charge in [0.25, 0.3) is 0 Å². The molecular formula is C23H28FN3O2.